The Balaban J connectivity index is 1.21. The lowest BCUT2D eigenvalue weighted by Gasteiger charge is -2.09. The minimum Gasteiger partial charge on any atom is -0.491 e. The topological polar surface area (TPSA) is 100 Å². The third-order valence-electron chi connectivity index (χ3n) is 6.98. The number of aldehydes is 1. The molecule has 10 heteroatoms. The molecule has 0 radical (unpaired) electrons. The van der Waals surface area contributed by atoms with Crippen molar-refractivity contribution >= 4 is 6.29 Å². The summed E-state index contributed by atoms with van der Waals surface area (Å²) < 4.78 is 49.9. The summed E-state index contributed by atoms with van der Waals surface area (Å²) in [7, 11) is 0. The summed E-state index contributed by atoms with van der Waals surface area (Å²) in [5, 5.41) is 0. The van der Waals surface area contributed by atoms with Gasteiger partial charge in [-0.3, -0.25) is 4.79 Å². The predicted molar refractivity (Wildman–Crippen MR) is 182 cm³/mol. The van der Waals surface area contributed by atoms with Crippen LogP contribution in [0.4, 0.5) is 0 Å². The number of carbonyl (C=O) groups excluding carboxylic acids is 1. The molecule has 0 N–H and O–H groups in total. The van der Waals surface area contributed by atoms with E-state index in [1.165, 1.54) is 44.1 Å². The Morgan fingerprint density at radius 1 is 0.426 bits per heavy atom. The molecule has 0 unspecified atom stereocenters. The molecule has 0 fully saturated rings. The van der Waals surface area contributed by atoms with Crippen LogP contribution in [0, 0.1) is 0 Å². The fourth-order valence-electron chi connectivity index (χ4n) is 4.36. The molecule has 2 rings (SSSR count). The molecule has 0 atom stereocenters. The summed E-state index contributed by atoms with van der Waals surface area (Å²) in [6.45, 7) is 10.3. The summed E-state index contributed by atoms with van der Waals surface area (Å²) >= 11 is 0. The Morgan fingerprint density at radius 2 is 0.766 bits per heavy atom. The van der Waals surface area contributed by atoms with Gasteiger partial charge < -0.3 is 42.6 Å². The first-order chi connectivity index (χ1) is 23.3. The third kappa shape index (κ3) is 24.3. The van der Waals surface area contributed by atoms with Crippen LogP contribution in [0.2, 0.25) is 0 Å². The summed E-state index contributed by atoms with van der Waals surface area (Å²) in [6, 6.07) is 15.4. The van der Waals surface area contributed by atoms with Crippen LogP contribution < -0.4 is 9.47 Å². The highest BCUT2D eigenvalue weighted by atomic mass is 16.6. The molecular formula is C37H58O10. The lowest BCUT2D eigenvalue weighted by atomic mass is 10.0. The molecule has 0 bridgehead atoms. The van der Waals surface area contributed by atoms with Crippen LogP contribution in [0.25, 0.3) is 0 Å². The number of carbonyl (C=O) groups is 1. The lowest BCUT2D eigenvalue weighted by molar-refractivity contribution is -0.0218. The molecule has 0 heterocycles. The second-order valence-corrected chi connectivity index (χ2v) is 10.8. The Hall–Kier alpha value is -2.57. The standard InChI is InChI=1S/C37H58O10/c1-2-3-4-5-6-7-8-34-9-13-36(14-10-34)46-31-29-44-27-25-42-23-21-40-19-17-39-18-20-41-22-24-43-26-28-45-30-32-47-37-15-11-35(33-38)12-16-37/h9-16,33H,2-8,17-32H2,1H3. The van der Waals surface area contributed by atoms with E-state index in [1.807, 2.05) is 12.1 Å². The maximum Gasteiger partial charge on any atom is 0.150 e. The van der Waals surface area contributed by atoms with Crippen LogP contribution in [0.3, 0.4) is 0 Å². The van der Waals surface area contributed by atoms with E-state index in [2.05, 4.69) is 19.1 Å². The molecule has 0 saturated heterocycles. The van der Waals surface area contributed by atoms with Gasteiger partial charge in [0, 0.05) is 5.56 Å². The van der Waals surface area contributed by atoms with Crippen LogP contribution in [0.5, 0.6) is 11.5 Å². The first-order valence-corrected chi connectivity index (χ1v) is 17.3. The van der Waals surface area contributed by atoms with Gasteiger partial charge in [0.25, 0.3) is 0 Å². The average molecular weight is 663 g/mol. The zero-order chi connectivity index (χ0) is 33.3. The molecule has 2 aromatic rings. The van der Waals surface area contributed by atoms with Crippen molar-refractivity contribution in [3.63, 3.8) is 0 Å². The number of unbranched alkanes of at least 4 members (excludes halogenated alkanes) is 5. The maximum atomic E-state index is 10.6. The minimum atomic E-state index is 0.435. The van der Waals surface area contributed by atoms with E-state index in [-0.39, 0.29) is 0 Å². The zero-order valence-electron chi connectivity index (χ0n) is 28.5. The van der Waals surface area contributed by atoms with Crippen LogP contribution in [-0.2, 0) is 39.6 Å². The highest BCUT2D eigenvalue weighted by Gasteiger charge is 1.99. The van der Waals surface area contributed by atoms with Gasteiger partial charge in [-0.25, -0.2) is 0 Å². The van der Waals surface area contributed by atoms with Gasteiger partial charge in [-0.1, -0.05) is 51.2 Å². The third-order valence-corrected chi connectivity index (χ3v) is 6.98. The van der Waals surface area contributed by atoms with Gasteiger partial charge in [-0.2, -0.15) is 0 Å². The monoisotopic (exact) mass is 662 g/mol. The summed E-state index contributed by atoms with van der Waals surface area (Å²) in [5.41, 5.74) is 2.00. The fourth-order valence-corrected chi connectivity index (χ4v) is 4.36. The van der Waals surface area contributed by atoms with E-state index >= 15 is 0 Å². The molecule has 2 aromatic carbocycles. The lowest BCUT2D eigenvalue weighted by Crippen LogP contribution is -2.15. The first kappa shape index (κ1) is 40.6. The van der Waals surface area contributed by atoms with E-state index in [9.17, 15) is 4.79 Å². The summed E-state index contributed by atoms with van der Waals surface area (Å²) in [5.74, 6) is 1.59. The maximum absolute atomic E-state index is 10.6. The second kappa shape index (κ2) is 30.7. The molecule has 0 spiro atoms. The highest BCUT2D eigenvalue weighted by molar-refractivity contribution is 5.74. The minimum absolute atomic E-state index is 0.435. The molecule has 0 saturated carbocycles. The first-order valence-electron chi connectivity index (χ1n) is 17.3. The number of aryl methyl sites for hydroxylation is 1. The highest BCUT2D eigenvalue weighted by Crippen LogP contribution is 2.15. The van der Waals surface area contributed by atoms with Crippen LogP contribution in [0.15, 0.2) is 48.5 Å². The van der Waals surface area contributed by atoms with Crippen LogP contribution in [0.1, 0.15) is 61.4 Å². The predicted octanol–water partition coefficient (Wildman–Crippen LogP) is 5.98. The average Bonchev–Trinajstić information content (AvgIpc) is 3.10. The van der Waals surface area contributed by atoms with Crippen molar-refractivity contribution in [2.24, 2.45) is 0 Å². The Labute approximate surface area is 282 Å². The van der Waals surface area contributed by atoms with Crippen molar-refractivity contribution < 1.29 is 47.4 Å². The number of hydrogen-bond donors (Lipinski definition) is 0. The zero-order valence-corrected chi connectivity index (χ0v) is 28.5. The van der Waals surface area contributed by atoms with Crippen molar-refractivity contribution in [2.75, 3.05) is 106 Å². The fraction of sp³-hybridized carbons (Fsp3) is 0.649. The van der Waals surface area contributed by atoms with Gasteiger partial charge in [0.2, 0.25) is 0 Å². The number of rotatable bonds is 34. The van der Waals surface area contributed by atoms with Crippen molar-refractivity contribution in [2.45, 2.75) is 51.9 Å². The Morgan fingerprint density at radius 3 is 1.15 bits per heavy atom. The van der Waals surface area contributed by atoms with Crippen LogP contribution in [-0.4, -0.2) is 112 Å². The quantitative estimate of drug-likeness (QED) is 0.0658. The summed E-state index contributed by atoms with van der Waals surface area (Å²) in [6.07, 6.45) is 9.88. The molecule has 10 nitrogen and oxygen atoms in total. The number of ether oxygens (including phenoxy) is 9. The van der Waals surface area contributed by atoms with Crippen molar-refractivity contribution in [3.8, 4) is 11.5 Å². The Bertz CT molecular complexity index is 955. The van der Waals surface area contributed by atoms with Gasteiger partial charge in [0.15, 0.2) is 0 Å². The van der Waals surface area contributed by atoms with E-state index in [1.54, 1.807) is 24.3 Å². The summed E-state index contributed by atoms with van der Waals surface area (Å²) in [4.78, 5) is 10.6. The number of benzene rings is 2. The molecular weight excluding hydrogens is 604 g/mol. The van der Waals surface area contributed by atoms with Gasteiger partial charge in [-0.15, -0.1) is 0 Å². The van der Waals surface area contributed by atoms with Gasteiger partial charge in [0.05, 0.1) is 92.5 Å². The number of hydrogen-bond acceptors (Lipinski definition) is 10. The van der Waals surface area contributed by atoms with Gasteiger partial charge in [-0.05, 0) is 54.8 Å². The van der Waals surface area contributed by atoms with Gasteiger partial charge >= 0.3 is 0 Å². The molecule has 0 aromatic heterocycles. The molecule has 0 amide bonds. The van der Waals surface area contributed by atoms with Gasteiger partial charge in [0.1, 0.15) is 31.0 Å². The molecule has 47 heavy (non-hydrogen) atoms. The van der Waals surface area contributed by atoms with Crippen molar-refractivity contribution in [1.29, 1.82) is 0 Å². The van der Waals surface area contributed by atoms with Crippen LogP contribution >= 0.6 is 0 Å². The Kier molecular flexibility index (Phi) is 26.6. The molecule has 0 aliphatic heterocycles. The molecule has 0 aliphatic carbocycles. The largest absolute Gasteiger partial charge is 0.491 e. The van der Waals surface area contributed by atoms with E-state index in [0.717, 1.165) is 18.5 Å². The van der Waals surface area contributed by atoms with Crippen molar-refractivity contribution in [1.82, 2.24) is 0 Å². The smallest absolute Gasteiger partial charge is 0.150 e. The van der Waals surface area contributed by atoms with E-state index < -0.39 is 0 Å². The normalized spacial score (nSPS) is 11.2. The van der Waals surface area contributed by atoms with E-state index in [0.29, 0.717) is 117 Å². The van der Waals surface area contributed by atoms with E-state index in [4.69, 9.17) is 42.6 Å². The molecule has 266 valence electrons. The second-order valence-electron chi connectivity index (χ2n) is 10.8. The van der Waals surface area contributed by atoms with Crippen molar-refractivity contribution in [3.05, 3.63) is 59.7 Å². The SMILES string of the molecule is CCCCCCCCc1ccc(OCCOCCOCCOCCOCCOCCOCCOCCOc2ccc(C=O)cc2)cc1. The molecule has 0 aliphatic rings.